The largest absolute Gasteiger partial charge is 0.493 e. The molecule has 0 spiro atoms. The van der Waals surface area contributed by atoms with E-state index in [9.17, 15) is 24.5 Å². The SMILES string of the molecule is COc1cc(/C=N/NC(=O)/C(=C\c2ccc3c(c2)OCO3)NC(=O)c2ccccc2)ccc1OC(=O)c1ccc([N+](=O)[O-])cc1. The molecule has 2 N–H and O–H groups in total. The van der Waals surface area contributed by atoms with Crippen LogP contribution in [0.1, 0.15) is 31.8 Å². The second-order valence-corrected chi connectivity index (χ2v) is 9.29. The molecular weight excluding hydrogens is 584 g/mol. The third-order valence-electron chi connectivity index (χ3n) is 6.32. The van der Waals surface area contributed by atoms with Crippen LogP contribution in [0.2, 0.25) is 0 Å². The van der Waals surface area contributed by atoms with Gasteiger partial charge < -0.3 is 24.3 Å². The van der Waals surface area contributed by atoms with Gasteiger partial charge in [-0.1, -0.05) is 24.3 Å². The fraction of sp³-hybridized carbons (Fsp3) is 0.0625. The van der Waals surface area contributed by atoms with E-state index in [1.165, 1.54) is 55.8 Å². The van der Waals surface area contributed by atoms with Crippen LogP contribution >= 0.6 is 0 Å². The maximum atomic E-state index is 13.1. The highest BCUT2D eigenvalue weighted by molar-refractivity contribution is 6.05. The number of ether oxygens (including phenoxy) is 4. The van der Waals surface area contributed by atoms with E-state index >= 15 is 0 Å². The summed E-state index contributed by atoms with van der Waals surface area (Å²) in [5.74, 6) is -0.570. The molecule has 1 aliphatic rings. The van der Waals surface area contributed by atoms with Crippen molar-refractivity contribution in [2.75, 3.05) is 13.9 Å². The van der Waals surface area contributed by atoms with Gasteiger partial charge in [-0.25, -0.2) is 10.2 Å². The molecule has 0 bridgehead atoms. The summed E-state index contributed by atoms with van der Waals surface area (Å²) in [6.07, 6.45) is 2.81. The lowest BCUT2D eigenvalue weighted by molar-refractivity contribution is -0.384. The fourth-order valence-corrected chi connectivity index (χ4v) is 4.06. The van der Waals surface area contributed by atoms with Crippen molar-refractivity contribution >= 4 is 35.8 Å². The normalized spacial score (nSPS) is 12.0. The molecule has 0 atom stereocenters. The first-order valence-corrected chi connectivity index (χ1v) is 13.3. The first-order valence-electron chi connectivity index (χ1n) is 13.3. The van der Waals surface area contributed by atoms with Crippen molar-refractivity contribution in [2.24, 2.45) is 5.10 Å². The number of nitrogens with one attached hydrogen (secondary N) is 2. The lowest BCUT2D eigenvalue weighted by atomic mass is 10.1. The van der Waals surface area contributed by atoms with E-state index in [1.807, 2.05) is 0 Å². The molecule has 0 aliphatic carbocycles. The van der Waals surface area contributed by atoms with E-state index in [0.29, 0.717) is 28.2 Å². The Hall–Kier alpha value is -6.50. The van der Waals surface area contributed by atoms with Crippen LogP contribution in [0.4, 0.5) is 5.69 Å². The minimum Gasteiger partial charge on any atom is -0.493 e. The average molecular weight is 609 g/mol. The number of non-ortho nitro benzene ring substituents is 1. The fourth-order valence-electron chi connectivity index (χ4n) is 4.06. The lowest BCUT2D eigenvalue weighted by Crippen LogP contribution is -2.32. The summed E-state index contributed by atoms with van der Waals surface area (Å²) >= 11 is 0. The summed E-state index contributed by atoms with van der Waals surface area (Å²) in [7, 11) is 1.38. The zero-order valence-electron chi connectivity index (χ0n) is 23.6. The van der Waals surface area contributed by atoms with Crippen molar-refractivity contribution in [3.05, 3.63) is 129 Å². The van der Waals surface area contributed by atoms with Crippen LogP contribution in [0.25, 0.3) is 6.08 Å². The Morgan fingerprint density at radius 2 is 1.60 bits per heavy atom. The van der Waals surface area contributed by atoms with Crippen LogP contribution in [0.5, 0.6) is 23.0 Å². The molecule has 4 aromatic rings. The summed E-state index contributed by atoms with van der Waals surface area (Å²) in [4.78, 5) is 48.8. The Morgan fingerprint density at radius 1 is 0.867 bits per heavy atom. The number of methoxy groups -OCH3 is 1. The molecule has 2 amide bonds. The molecule has 45 heavy (non-hydrogen) atoms. The molecule has 0 aromatic heterocycles. The topological polar surface area (TPSA) is 168 Å². The van der Waals surface area contributed by atoms with Crippen molar-refractivity contribution in [3.8, 4) is 23.0 Å². The highest BCUT2D eigenvalue weighted by atomic mass is 16.7. The number of carbonyl (C=O) groups excluding carboxylic acids is 3. The Labute approximate surface area is 255 Å². The Balaban J connectivity index is 1.29. The minimum absolute atomic E-state index is 0.0778. The van der Waals surface area contributed by atoms with Crippen LogP contribution in [0.3, 0.4) is 0 Å². The van der Waals surface area contributed by atoms with Crippen LogP contribution in [0, 0.1) is 10.1 Å². The third kappa shape index (κ3) is 7.48. The molecule has 0 radical (unpaired) electrons. The van der Waals surface area contributed by atoms with Gasteiger partial charge in [0.15, 0.2) is 23.0 Å². The second-order valence-electron chi connectivity index (χ2n) is 9.29. The monoisotopic (exact) mass is 608 g/mol. The number of hydrogen-bond donors (Lipinski definition) is 2. The Morgan fingerprint density at radius 3 is 2.33 bits per heavy atom. The maximum Gasteiger partial charge on any atom is 0.343 e. The van der Waals surface area contributed by atoms with Gasteiger partial charge in [0.25, 0.3) is 17.5 Å². The van der Waals surface area contributed by atoms with E-state index in [2.05, 4.69) is 15.8 Å². The molecule has 226 valence electrons. The number of hydrogen-bond acceptors (Lipinski definition) is 10. The summed E-state index contributed by atoms with van der Waals surface area (Å²) in [5, 5.41) is 17.5. The van der Waals surface area contributed by atoms with E-state index in [4.69, 9.17) is 18.9 Å². The van der Waals surface area contributed by atoms with Crippen molar-refractivity contribution in [1.82, 2.24) is 10.7 Å². The predicted octanol–water partition coefficient (Wildman–Crippen LogP) is 4.47. The zero-order valence-corrected chi connectivity index (χ0v) is 23.6. The van der Waals surface area contributed by atoms with Crippen LogP contribution < -0.4 is 29.7 Å². The molecule has 13 nitrogen and oxygen atoms in total. The molecular formula is C32H24N4O9. The van der Waals surface area contributed by atoms with E-state index < -0.39 is 22.7 Å². The van der Waals surface area contributed by atoms with Crippen molar-refractivity contribution in [3.63, 3.8) is 0 Å². The van der Waals surface area contributed by atoms with E-state index in [1.54, 1.807) is 54.6 Å². The number of nitro groups is 1. The van der Waals surface area contributed by atoms with Crippen LogP contribution in [-0.4, -0.2) is 42.8 Å². The Kier molecular flexibility index (Phi) is 9.09. The van der Waals surface area contributed by atoms with Gasteiger partial charge in [0.1, 0.15) is 5.70 Å². The van der Waals surface area contributed by atoms with E-state index in [0.717, 1.165) is 0 Å². The summed E-state index contributed by atoms with van der Waals surface area (Å²) in [6.45, 7) is 0.0866. The number of esters is 1. The molecule has 5 rings (SSSR count). The number of rotatable bonds is 10. The van der Waals surface area contributed by atoms with Crippen LogP contribution in [0.15, 0.2) is 102 Å². The standard InChI is InChI=1S/C32H24N4O9/c1-42-28-17-21(8-14-27(28)45-32(39)23-9-11-24(12-10-23)36(40)41)18-33-35-31(38)25(34-30(37)22-5-3-2-4-6-22)15-20-7-13-26-29(16-20)44-19-43-26/h2-18H,19H2,1H3,(H,34,37)(H,35,38)/b25-15+,33-18+. The quantitative estimate of drug-likeness (QED) is 0.0659. The van der Waals surface area contributed by atoms with E-state index in [-0.39, 0.29) is 35.2 Å². The summed E-state index contributed by atoms with van der Waals surface area (Å²) < 4.78 is 21.5. The molecule has 1 heterocycles. The smallest absolute Gasteiger partial charge is 0.343 e. The van der Waals surface area contributed by atoms with Gasteiger partial charge in [-0.3, -0.25) is 19.7 Å². The summed E-state index contributed by atoms with van der Waals surface area (Å²) in [6, 6.07) is 23.0. The number of fused-ring (bicyclic) bond motifs is 1. The number of carbonyl (C=O) groups is 3. The highest BCUT2D eigenvalue weighted by Crippen LogP contribution is 2.33. The third-order valence-corrected chi connectivity index (χ3v) is 6.32. The molecule has 13 heteroatoms. The zero-order chi connectivity index (χ0) is 31.8. The van der Waals surface area contributed by atoms with Gasteiger partial charge in [0.2, 0.25) is 6.79 Å². The van der Waals surface area contributed by atoms with Gasteiger partial charge >= 0.3 is 5.97 Å². The van der Waals surface area contributed by atoms with Gasteiger partial charge in [-0.05, 0) is 71.8 Å². The molecule has 0 saturated carbocycles. The highest BCUT2D eigenvalue weighted by Gasteiger charge is 2.18. The van der Waals surface area contributed by atoms with Gasteiger partial charge in [-0.2, -0.15) is 5.10 Å². The number of benzene rings is 4. The average Bonchev–Trinajstić information content (AvgIpc) is 3.53. The molecule has 4 aromatic carbocycles. The minimum atomic E-state index is -0.740. The van der Waals surface area contributed by atoms with Crippen molar-refractivity contribution in [2.45, 2.75) is 0 Å². The maximum absolute atomic E-state index is 13.1. The number of amides is 2. The number of nitrogens with zero attached hydrogens (tertiary/aromatic N) is 2. The second kappa shape index (κ2) is 13.6. The molecule has 0 unspecified atom stereocenters. The van der Waals surface area contributed by atoms with Crippen molar-refractivity contribution < 1.29 is 38.3 Å². The van der Waals surface area contributed by atoms with Gasteiger partial charge in [0.05, 0.1) is 23.8 Å². The summed E-state index contributed by atoms with van der Waals surface area (Å²) in [5.41, 5.74) is 3.68. The van der Waals surface area contributed by atoms with Crippen LogP contribution in [-0.2, 0) is 4.79 Å². The molecule has 1 aliphatic heterocycles. The predicted molar refractivity (Wildman–Crippen MR) is 161 cm³/mol. The van der Waals surface area contributed by atoms with Gasteiger partial charge in [0, 0.05) is 17.7 Å². The van der Waals surface area contributed by atoms with Gasteiger partial charge in [-0.15, -0.1) is 0 Å². The lowest BCUT2D eigenvalue weighted by Gasteiger charge is -2.10. The van der Waals surface area contributed by atoms with Crippen molar-refractivity contribution in [1.29, 1.82) is 0 Å². The first-order chi connectivity index (χ1) is 21.8. The Bertz CT molecular complexity index is 1820. The molecule has 0 saturated heterocycles. The molecule has 0 fully saturated rings. The first kappa shape index (κ1) is 30.0. The number of hydrazone groups is 1. The number of nitro benzene ring substituents is 1.